The van der Waals surface area contributed by atoms with Gasteiger partial charge in [-0.1, -0.05) is 23.4 Å². The van der Waals surface area contributed by atoms with Gasteiger partial charge >= 0.3 is 0 Å². The highest BCUT2D eigenvalue weighted by atomic mass is 35.5. The second kappa shape index (κ2) is 8.18. The number of hydrogen-bond acceptors (Lipinski definition) is 5. The Labute approximate surface area is 175 Å². The molecule has 3 heterocycles. The number of pyridine rings is 1. The number of benzene rings is 1. The number of rotatable bonds is 5. The molecule has 0 aliphatic heterocycles. The summed E-state index contributed by atoms with van der Waals surface area (Å²) in [4.78, 5) is 21.1. The van der Waals surface area contributed by atoms with E-state index in [0.29, 0.717) is 23.1 Å². The van der Waals surface area contributed by atoms with E-state index in [2.05, 4.69) is 15.1 Å². The van der Waals surface area contributed by atoms with E-state index < -0.39 is 5.82 Å². The van der Waals surface area contributed by atoms with Crippen LogP contribution in [0.5, 0.6) is 0 Å². The fourth-order valence-electron chi connectivity index (χ4n) is 2.80. The summed E-state index contributed by atoms with van der Waals surface area (Å²) >= 11 is 7.16. The number of halogens is 2. The van der Waals surface area contributed by atoms with E-state index in [9.17, 15) is 9.18 Å². The Hall–Kier alpha value is -2.97. The first kappa shape index (κ1) is 19.4. The van der Waals surface area contributed by atoms with Crippen molar-refractivity contribution in [1.82, 2.24) is 24.3 Å². The summed E-state index contributed by atoms with van der Waals surface area (Å²) in [6, 6.07) is 9.62. The van der Waals surface area contributed by atoms with Crippen LogP contribution in [-0.2, 0) is 6.54 Å². The normalized spacial score (nSPS) is 11.0. The summed E-state index contributed by atoms with van der Waals surface area (Å²) in [6.45, 7) is 0.342. The summed E-state index contributed by atoms with van der Waals surface area (Å²) in [5.41, 5.74) is 2.63. The van der Waals surface area contributed by atoms with Gasteiger partial charge in [-0.25, -0.2) is 19.0 Å². The topological polar surface area (TPSA) is 65.6 Å². The third kappa shape index (κ3) is 4.23. The molecule has 146 valence electrons. The molecule has 0 atom stereocenters. The Morgan fingerprint density at radius 1 is 1.21 bits per heavy atom. The molecule has 0 N–H and O–H groups in total. The van der Waals surface area contributed by atoms with Crippen LogP contribution in [0.4, 0.5) is 4.39 Å². The van der Waals surface area contributed by atoms with Crippen molar-refractivity contribution >= 4 is 23.4 Å². The van der Waals surface area contributed by atoms with E-state index in [1.165, 1.54) is 23.9 Å². The van der Waals surface area contributed by atoms with E-state index in [0.717, 1.165) is 11.1 Å². The Balaban J connectivity index is 1.56. The van der Waals surface area contributed by atoms with Crippen LogP contribution < -0.4 is 5.56 Å². The molecule has 4 rings (SSSR count). The Morgan fingerprint density at radius 2 is 2.07 bits per heavy atom. The van der Waals surface area contributed by atoms with Crippen LogP contribution in [0.25, 0.3) is 16.9 Å². The summed E-state index contributed by atoms with van der Waals surface area (Å²) < 4.78 is 16.8. The SMILES string of the molecule is CSc1nccc(-c2ccn(Cc3cnn(-c4ccc(Cl)c(F)c4)c3)c(=O)c2)n1. The van der Waals surface area contributed by atoms with Crippen LogP contribution in [-0.4, -0.2) is 30.6 Å². The first-order valence-electron chi connectivity index (χ1n) is 8.60. The fraction of sp³-hybridized carbons (Fsp3) is 0.100. The molecule has 6 nitrogen and oxygen atoms in total. The first-order chi connectivity index (χ1) is 14.0. The molecule has 0 saturated carbocycles. The monoisotopic (exact) mass is 427 g/mol. The lowest BCUT2D eigenvalue weighted by Crippen LogP contribution is -2.19. The molecule has 0 amide bonds. The van der Waals surface area contributed by atoms with Gasteiger partial charge in [0.15, 0.2) is 5.16 Å². The van der Waals surface area contributed by atoms with E-state index in [1.54, 1.807) is 52.2 Å². The fourth-order valence-corrected chi connectivity index (χ4v) is 3.28. The van der Waals surface area contributed by atoms with Gasteiger partial charge in [0, 0.05) is 41.9 Å². The molecule has 0 fully saturated rings. The Bertz CT molecular complexity index is 1240. The van der Waals surface area contributed by atoms with Crippen LogP contribution >= 0.6 is 23.4 Å². The summed E-state index contributed by atoms with van der Waals surface area (Å²) in [6.07, 6.45) is 8.68. The molecule has 4 aromatic rings. The van der Waals surface area contributed by atoms with Crippen molar-refractivity contribution in [3.05, 3.63) is 87.9 Å². The van der Waals surface area contributed by atoms with Crippen LogP contribution in [0.1, 0.15) is 5.56 Å². The standard InChI is InChI=1S/C20H15ClFN5OS/c1-29-20-23-6-4-18(25-20)14-5-7-26(19(28)8-14)11-13-10-24-27(12-13)15-2-3-16(21)17(22)9-15/h2-10,12H,11H2,1H3. The van der Waals surface area contributed by atoms with Crippen molar-refractivity contribution in [1.29, 1.82) is 0 Å². The molecule has 3 aromatic heterocycles. The van der Waals surface area contributed by atoms with Gasteiger partial charge in [0.2, 0.25) is 0 Å². The molecule has 29 heavy (non-hydrogen) atoms. The molecule has 0 aliphatic rings. The second-order valence-corrected chi connectivity index (χ2v) is 7.38. The lowest BCUT2D eigenvalue weighted by molar-refractivity contribution is 0.626. The zero-order valence-electron chi connectivity index (χ0n) is 15.3. The molecular formula is C20H15ClFN5OS. The molecule has 0 unspecified atom stereocenters. The highest BCUT2D eigenvalue weighted by molar-refractivity contribution is 7.98. The van der Waals surface area contributed by atoms with Crippen LogP contribution in [0.15, 0.2) is 71.1 Å². The largest absolute Gasteiger partial charge is 0.311 e. The van der Waals surface area contributed by atoms with Gasteiger partial charge in [-0.3, -0.25) is 4.79 Å². The average Bonchev–Trinajstić information content (AvgIpc) is 3.20. The van der Waals surface area contributed by atoms with Gasteiger partial charge in [-0.2, -0.15) is 5.10 Å². The number of thioether (sulfide) groups is 1. The number of nitrogens with zero attached hydrogens (tertiary/aromatic N) is 5. The van der Waals surface area contributed by atoms with Crippen LogP contribution in [0, 0.1) is 5.82 Å². The third-order valence-corrected chi connectivity index (χ3v) is 5.13. The molecule has 9 heteroatoms. The van der Waals surface area contributed by atoms with Crippen molar-refractivity contribution in [2.45, 2.75) is 11.7 Å². The van der Waals surface area contributed by atoms with Crippen molar-refractivity contribution in [3.8, 4) is 16.9 Å². The maximum atomic E-state index is 13.7. The predicted molar refractivity (Wildman–Crippen MR) is 111 cm³/mol. The van der Waals surface area contributed by atoms with E-state index >= 15 is 0 Å². The van der Waals surface area contributed by atoms with Gasteiger partial charge < -0.3 is 4.57 Å². The van der Waals surface area contributed by atoms with Gasteiger partial charge in [0.1, 0.15) is 5.82 Å². The van der Waals surface area contributed by atoms with Crippen molar-refractivity contribution in [3.63, 3.8) is 0 Å². The summed E-state index contributed by atoms with van der Waals surface area (Å²) in [5.74, 6) is -0.512. The molecule has 0 spiro atoms. The molecule has 0 radical (unpaired) electrons. The summed E-state index contributed by atoms with van der Waals surface area (Å²) in [5, 5.41) is 4.95. The Morgan fingerprint density at radius 3 is 2.83 bits per heavy atom. The third-order valence-electron chi connectivity index (χ3n) is 4.26. The lowest BCUT2D eigenvalue weighted by atomic mass is 10.2. The quantitative estimate of drug-likeness (QED) is 0.355. The van der Waals surface area contributed by atoms with Gasteiger partial charge in [-0.15, -0.1) is 0 Å². The lowest BCUT2D eigenvalue weighted by Gasteiger charge is -2.06. The smallest absolute Gasteiger partial charge is 0.251 e. The number of aromatic nitrogens is 5. The van der Waals surface area contributed by atoms with Gasteiger partial charge in [0.05, 0.1) is 29.1 Å². The second-order valence-electron chi connectivity index (χ2n) is 6.20. The minimum absolute atomic E-state index is 0.0566. The minimum Gasteiger partial charge on any atom is -0.311 e. The zero-order chi connectivity index (χ0) is 20.4. The van der Waals surface area contributed by atoms with E-state index in [-0.39, 0.29) is 10.6 Å². The highest BCUT2D eigenvalue weighted by Crippen LogP contribution is 2.19. The average molecular weight is 428 g/mol. The molecular weight excluding hydrogens is 413 g/mol. The zero-order valence-corrected chi connectivity index (χ0v) is 16.9. The number of hydrogen-bond donors (Lipinski definition) is 0. The van der Waals surface area contributed by atoms with Crippen molar-refractivity contribution in [2.75, 3.05) is 6.26 Å². The maximum absolute atomic E-state index is 13.7. The van der Waals surface area contributed by atoms with Crippen LogP contribution in [0.3, 0.4) is 0 Å². The van der Waals surface area contributed by atoms with Gasteiger partial charge in [-0.05, 0) is 30.5 Å². The van der Waals surface area contributed by atoms with E-state index in [4.69, 9.17) is 11.6 Å². The predicted octanol–water partition coefficient (Wildman–Crippen LogP) is 4.05. The van der Waals surface area contributed by atoms with Crippen molar-refractivity contribution in [2.24, 2.45) is 0 Å². The van der Waals surface area contributed by atoms with Crippen LogP contribution in [0.2, 0.25) is 5.02 Å². The van der Waals surface area contributed by atoms with Gasteiger partial charge in [0.25, 0.3) is 5.56 Å². The minimum atomic E-state index is -0.512. The first-order valence-corrected chi connectivity index (χ1v) is 10.2. The Kier molecular flexibility index (Phi) is 5.46. The molecule has 0 bridgehead atoms. The van der Waals surface area contributed by atoms with Crippen molar-refractivity contribution < 1.29 is 4.39 Å². The summed E-state index contributed by atoms with van der Waals surface area (Å²) in [7, 11) is 0. The highest BCUT2D eigenvalue weighted by Gasteiger charge is 2.08. The maximum Gasteiger partial charge on any atom is 0.251 e. The van der Waals surface area contributed by atoms with E-state index in [1.807, 2.05) is 12.3 Å². The molecule has 0 saturated heterocycles. The molecule has 1 aromatic carbocycles. The molecule has 0 aliphatic carbocycles.